The molecule has 3 N–H and O–H groups in total. The van der Waals surface area contributed by atoms with Crippen LogP contribution in [-0.2, 0) is 14.8 Å². The summed E-state index contributed by atoms with van der Waals surface area (Å²) in [6.45, 7) is 6.32. The van der Waals surface area contributed by atoms with Crippen molar-refractivity contribution in [2.45, 2.75) is 38.1 Å². The van der Waals surface area contributed by atoms with E-state index in [-0.39, 0.29) is 10.7 Å². The monoisotopic (exact) mass is 458 g/mol. The lowest BCUT2D eigenvalue weighted by atomic mass is 10.1. The lowest BCUT2D eigenvalue weighted by Crippen LogP contribution is -2.45. The van der Waals surface area contributed by atoms with Crippen molar-refractivity contribution in [2.24, 2.45) is 10.9 Å². The van der Waals surface area contributed by atoms with Crippen LogP contribution in [0, 0.1) is 5.92 Å². The molecule has 2 amide bonds. The molecule has 0 saturated heterocycles. The van der Waals surface area contributed by atoms with Gasteiger partial charge in [-0.05, 0) is 55.7 Å². The van der Waals surface area contributed by atoms with E-state index in [1.807, 2.05) is 0 Å². The molecule has 32 heavy (non-hydrogen) atoms. The number of carbonyl (C=O) groups excluding carboxylic acids is 2. The molecule has 0 radical (unpaired) electrons. The summed E-state index contributed by atoms with van der Waals surface area (Å²) in [6.07, 6.45) is 0.934. The minimum Gasteiger partial charge on any atom is -0.494 e. The number of hydrazine groups is 1. The Hall–Kier alpha value is -3.40. The van der Waals surface area contributed by atoms with Gasteiger partial charge in [-0.1, -0.05) is 26.0 Å². The number of amides is 2. The number of aliphatic imine (C=N–C) groups is 1. The van der Waals surface area contributed by atoms with Crippen LogP contribution in [0.15, 0.2) is 58.4 Å². The number of fused-ring (bicyclic) bond motifs is 1. The van der Waals surface area contributed by atoms with E-state index in [1.54, 1.807) is 42.5 Å². The predicted molar refractivity (Wildman–Crippen MR) is 120 cm³/mol. The fourth-order valence-corrected chi connectivity index (χ4v) is 4.13. The Morgan fingerprint density at radius 3 is 2.41 bits per heavy atom. The third kappa shape index (κ3) is 5.64. The number of sulfonamides is 1. The summed E-state index contributed by atoms with van der Waals surface area (Å²) in [5.74, 6) is 0.194. The normalized spacial score (nSPS) is 16.2. The molecule has 3 rings (SSSR count). The van der Waals surface area contributed by atoms with Gasteiger partial charge in [0.05, 0.1) is 11.5 Å². The third-order valence-electron chi connectivity index (χ3n) is 4.74. The van der Waals surface area contributed by atoms with Crippen LogP contribution in [0.1, 0.15) is 43.1 Å². The molecule has 2 aromatic rings. The van der Waals surface area contributed by atoms with Crippen molar-refractivity contribution < 1.29 is 22.7 Å². The molecule has 2 aromatic carbocycles. The minimum atomic E-state index is -3.69. The topological polar surface area (TPSA) is 126 Å². The van der Waals surface area contributed by atoms with E-state index in [0.29, 0.717) is 29.4 Å². The van der Waals surface area contributed by atoms with Crippen molar-refractivity contribution in [3.8, 4) is 5.75 Å². The average molecular weight is 459 g/mol. The highest BCUT2D eigenvalue weighted by molar-refractivity contribution is 7.90. The quantitative estimate of drug-likeness (QED) is 0.547. The van der Waals surface area contributed by atoms with Gasteiger partial charge in [-0.25, -0.2) is 8.42 Å². The Morgan fingerprint density at radius 1 is 1.03 bits per heavy atom. The SMILES string of the molecule is CC(C)CCOc1ccc(C(=O)NNC(=O)[C@H](C)N=C2NS(=O)(=O)c3ccccc32)cc1. The van der Waals surface area contributed by atoms with Crippen molar-refractivity contribution >= 4 is 27.7 Å². The van der Waals surface area contributed by atoms with E-state index in [9.17, 15) is 18.0 Å². The van der Waals surface area contributed by atoms with E-state index in [1.165, 1.54) is 13.0 Å². The lowest BCUT2D eigenvalue weighted by Gasteiger charge is -2.11. The van der Waals surface area contributed by atoms with Crippen molar-refractivity contribution in [1.82, 2.24) is 15.6 Å². The van der Waals surface area contributed by atoms with Gasteiger partial charge in [0.1, 0.15) is 17.6 Å². The Bertz CT molecular complexity index is 1130. The molecule has 0 aromatic heterocycles. The first-order chi connectivity index (χ1) is 15.2. The number of carbonyl (C=O) groups is 2. The maximum Gasteiger partial charge on any atom is 0.269 e. The number of nitrogens with one attached hydrogen (secondary N) is 3. The van der Waals surface area contributed by atoms with Gasteiger partial charge in [0.2, 0.25) is 0 Å². The number of hydrogen-bond acceptors (Lipinski definition) is 6. The number of amidine groups is 1. The van der Waals surface area contributed by atoms with E-state index >= 15 is 0 Å². The zero-order chi connectivity index (χ0) is 23.3. The highest BCUT2D eigenvalue weighted by Gasteiger charge is 2.31. The van der Waals surface area contributed by atoms with Gasteiger partial charge in [0, 0.05) is 11.1 Å². The van der Waals surface area contributed by atoms with Crippen molar-refractivity contribution in [3.63, 3.8) is 0 Å². The molecular weight excluding hydrogens is 432 g/mol. The van der Waals surface area contributed by atoms with E-state index in [2.05, 4.69) is 34.4 Å². The maximum absolute atomic E-state index is 12.3. The summed E-state index contributed by atoms with van der Waals surface area (Å²) in [7, 11) is -3.69. The molecule has 9 nitrogen and oxygen atoms in total. The molecular formula is C22H26N4O5S. The van der Waals surface area contributed by atoms with Crippen LogP contribution in [0.5, 0.6) is 5.75 Å². The minimum absolute atomic E-state index is 0.0858. The Morgan fingerprint density at radius 2 is 1.72 bits per heavy atom. The van der Waals surface area contributed by atoms with Crippen molar-refractivity contribution in [2.75, 3.05) is 6.61 Å². The number of nitrogens with zero attached hydrogens (tertiary/aromatic N) is 1. The smallest absolute Gasteiger partial charge is 0.269 e. The summed E-state index contributed by atoms with van der Waals surface area (Å²) in [5.41, 5.74) is 5.38. The van der Waals surface area contributed by atoms with Crippen LogP contribution in [-0.4, -0.2) is 38.7 Å². The zero-order valence-corrected chi connectivity index (χ0v) is 18.9. The average Bonchev–Trinajstić information content (AvgIpc) is 3.02. The molecule has 0 aliphatic carbocycles. The van der Waals surface area contributed by atoms with Gasteiger partial charge in [-0.3, -0.25) is 30.2 Å². The fourth-order valence-electron chi connectivity index (χ4n) is 2.89. The third-order valence-corrected chi connectivity index (χ3v) is 6.14. The Labute approximate surface area is 187 Å². The molecule has 0 bridgehead atoms. The van der Waals surface area contributed by atoms with Crippen LogP contribution in [0.3, 0.4) is 0 Å². The summed E-state index contributed by atoms with van der Waals surface area (Å²) < 4.78 is 32.2. The van der Waals surface area contributed by atoms with Gasteiger partial charge in [-0.15, -0.1) is 0 Å². The number of benzene rings is 2. The predicted octanol–water partition coefficient (Wildman–Crippen LogP) is 2.00. The van der Waals surface area contributed by atoms with Crippen molar-refractivity contribution in [3.05, 3.63) is 59.7 Å². The summed E-state index contributed by atoms with van der Waals surface area (Å²) in [6, 6.07) is 12.0. The van der Waals surface area contributed by atoms with Crippen LogP contribution in [0.4, 0.5) is 0 Å². The Balaban J connectivity index is 1.55. The van der Waals surface area contributed by atoms with Gasteiger partial charge in [0.15, 0.2) is 0 Å². The van der Waals surface area contributed by atoms with Crippen LogP contribution < -0.4 is 20.3 Å². The molecule has 0 unspecified atom stereocenters. The molecule has 170 valence electrons. The summed E-state index contributed by atoms with van der Waals surface area (Å²) in [5, 5.41) is 0. The Kier molecular flexibility index (Phi) is 7.14. The molecule has 1 aliphatic rings. The molecule has 0 spiro atoms. The van der Waals surface area contributed by atoms with Crippen LogP contribution in [0.25, 0.3) is 0 Å². The molecule has 1 aliphatic heterocycles. The van der Waals surface area contributed by atoms with E-state index < -0.39 is 27.9 Å². The lowest BCUT2D eigenvalue weighted by molar-refractivity contribution is -0.122. The second-order valence-corrected chi connectivity index (χ2v) is 9.40. The molecule has 0 fully saturated rings. The first-order valence-electron chi connectivity index (χ1n) is 10.2. The van der Waals surface area contributed by atoms with Crippen LogP contribution in [0.2, 0.25) is 0 Å². The highest BCUT2D eigenvalue weighted by Crippen LogP contribution is 2.22. The largest absolute Gasteiger partial charge is 0.494 e. The first-order valence-corrected chi connectivity index (χ1v) is 11.7. The fraction of sp³-hybridized carbons (Fsp3) is 0.318. The van der Waals surface area contributed by atoms with Crippen molar-refractivity contribution in [1.29, 1.82) is 0 Å². The van der Waals surface area contributed by atoms with Gasteiger partial charge in [0.25, 0.3) is 21.8 Å². The zero-order valence-electron chi connectivity index (χ0n) is 18.1. The highest BCUT2D eigenvalue weighted by atomic mass is 32.2. The number of hydrogen-bond donors (Lipinski definition) is 3. The van der Waals surface area contributed by atoms with Gasteiger partial charge in [-0.2, -0.15) is 0 Å². The molecule has 1 atom stereocenters. The summed E-state index contributed by atoms with van der Waals surface area (Å²) >= 11 is 0. The molecule has 1 heterocycles. The van der Waals surface area contributed by atoms with Gasteiger partial charge >= 0.3 is 0 Å². The first kappa shape index (κ1) is 23.3. The van der Waals surface area contributed by atoms with Crippen LogP contribution >= 0.6 is 0 Å². The molecule has 0 saturated carbocycles. The standard InChI is InChI=1S/C22H26N4O5S/c1-14(2)12-13-31-17-10-8-16(9-11-17)22(28)25-24-21(27)15(3)23-20-18-6-4-5-7-19(18)32(29,30)26-20/h4-11,14-15H,12-13H2,1-3H3,(H,23,26)(H,24,27)(H,25,28)/t15-/m0/s1. The number of rotatable bonds is 7. The van der Waals surface area contributed by atoms with E-state index in [0.717, 1.165) is 6.42 Å². The van der Waals surface area contributed by atoms with E-state index in [4.69, 9.17) is 4.74 Å². The number of ether oxygens (including phenoxy) is 1. The van der Waals surface area contributed by atoms with Gasteiger partial charge < -0.3 is 4.74 Å². The second-order valence-electron chi connectivity index (χ2n) is 7.75. The molecule has 10 heteroatoms. The second kappa shape index (κ2) is 9.82. The summed E-state index contributed by atoms with van der Waals surface area (Å²) in [4.78, 5) is 28.9. The maximum atomic E-state index is 12.3.